The minimum atomic E-state index is -0.577. The molecule has 0 fully saturated rings. The van der Waals surface area contributed by atoms with Crippen LogP contribution in [0.5, 0.6) is 0 Å². The fourth-order valence-electron chi connectivity index (χ4n) is 1.92. The predicted octanol–water partition coefficient (Wildman–Crippen LogP) is 3.09. The first-order valence-electron chi connectivity index (χ1n) is 5.83. The van der Waals surface area contributed by atoms with Gasteiger partial charge < -0.3 is 5.11 Å². The Morgan fingerprint density at radius 1 is 1.31 bits per heavy atom. The number of hydrogen-bond acceptors (Lipinski definition) is 2. The number of rotatable bonds is 5. The number of aliphatic hydroxyl groups is 1. The zero-order valence-electron chi connectivity index (χ0n) is 9.93. The van der Waals surface area contributed by atoms with Crippen molar-refractivity contribution in [2.75, 3.05) is 0 Å². The van der Waals surface area contributed by atoms with Crippen molar-refractivity contribution < 1.29 is 5.11 Å². The summed E-state index contributed by atoms with van der Waals surface area (Å²) in [5.74, 6) is -0.252. The maximum atomic E-state index is 10.1. The molecule has 1 N–H and O–H groups in total. The first kappa shape index (κ1) is 12.7. The Morgan fingerprint density at radius 2 is 1.94 bits per heavy atom. The second-order valence-corrected chi connectivity index (χ2v) is 4.21. The van der Waals surface area contributed by atoms with Gasteiger partial charge in [0.2, 0.25) is 0 Å². The fourth-order valence-corrected chi connectivity index (χ4v) is 1.92. The zero-order valence-corrected chi connectivity index (χ0v) is 9.93. The van der Waals surface area contributed by atoms with E-state index in [2.05, 4.69) is 6.07 Å². The van der Waals surface area contributed by atoms with Crippen LogP contribution in [0.3, 0.4) is 0 Å². The maximum Gasteiger partial charge on any atom is 0.0764 e. The molecule has 0 saturated heterocycles. The molecule has 0 amide bonds. The molecular formula is C14H19NO. The van der Waals surface area contributed by atoms with Crippen molar-refractivity contribution in [3.8, 4) is 6.07 Å². The van der Waals surface area contributed by atoms with Gasteiger partial charge in [-0.1, -0.05) is 50.6 Å². The SMILES string of the molecule is CCCC(C#N)C(O)C(C)c1ccccc1. The van der Waals surface area contributed by atoms with Gasteiger partial charge in [0, 0.05) is 5.92 Å². The molecule has 0 radical (unpaired) electrons. The Bertz CT molecular complexity index is 342. The van der Waals surface area contributed by atoms with E-state index in [1.165, 1.54) is 0 Å². The second kappa shape index (κ2) is 6.30. The molecule has 0 heterocycles. The highest BCUT2D eigenvalue weighted by Crippen LogP contribution is 2.25. The first-order chi connectivity index (χ1) is 7.70. The summed E-state index contributed by atoms with van der Waals surface area (Å²) < 4.78 is 0. The van der Waals surface area contributed by atoms with E-state index in [9.17, 15) is 5.11 Å². The van der Waals surface area contributed by atoms with Crippen LogP contribution in [0.15, 0.2) is 30.3 Å². The van der Waals surface area contributed by atoms with E-state index in [0.29, 0.717) is 0 Å². The lowest BCUT2D eigenvalue weighted by Gasteiger charge is -2.23. The molecule has 3 unspecified atom stereocenters. The summed E-state index contributed by atoms with van der Waals surface area (Å²) in [5.41, 5.74) is 1.09. The summed E-state index contributed by atoms with van der Waals surface area (Å²) in [7, 11) is 0. The monoisotopic (exact) mass is 217 g/mol. The van der Waals surface area contributed by atoms with E-state index < -0.39 is 6.10 Å². The van der Waals surface area contributed by atoms with Crippen molar-refractivity contribution in [3.63, 3.8) is 0 Å². The van der Waals surface area contributed by atoms with Crippen molar-refractivity contribution in [1.29, 1.82) is 5.26 Å². The van der Waals surface area contributed by atoms with Gasteiger partial charge in [0.05, 0.1) is 18.1 Å². The summed E-state index contributed by atoms with van der Waals surface area (Å²) in [5, 5.41) is 19.2. The molecular weight excluding hydrogens is 198 g/mol. The summed E-state index contributed by atoms with van der Waals surface area (Å²) in [6, 6.07) is 12.1. The van der Waals surface area contributed by atoms with Gasteiger partial charge in [0.1, 0.15) is 0 Å². The lowest BCUT2D eigenvalue weighted by atomic mass is 9.86. The molecule has 0 spiro atoms. The summed E-state index contributed by atoms with van der Waals surface area (Å²) in [6.07, 6.45) is 1.11. The van der Waals surface area contributed by atoms with Crippen LogP contribution in [0.2, 0.25) is 0 Å². The Labute approximate surface area is 97.5 Å². The highest BCUT2D eigenvalue weighted by Gasteiger charge is 2.24. The molecule has 0 aliphatic heterocycles. The van der Waals surface area contributed by atoms with Gasteiger partial charge in [-0.2, -0.15) is 5.26 Å². The molecule has 86 valence electrons. The van der Waals surface area contributed by atoms with Crippen molar-refractivity contribution in [3.05, 3.63) is 35.9 Å². The predicted molar refractivity (Wildman–Crippen MR) is 64.9 cm³/mol. The fraction of sp³-hybridized carbons (Fsp3) is 0.500. The summed E-state index contributed by atoms with van der Waals surface area (Å²) >= 11 is 0. The normalized spacial score (nSPS) is 16.1. The standard InChI is InChI=1S/C14H19NO/c1-3-7-13(10-15)14(16)11(2)12-8-5-4-6-9-12/h4-6,8-9,11,13-14,16H,3,7H2,1-2H3. The minimum absolute atomic E-state index is 0.0115. The Hall–Kier alpha value is -1.33. The van der Waals surface area contributed by atoms with Crippen LogP contribution in [0.4, 0.5) is 0 Å². The second-order valence-electron chi connectivity index (χ2n) is 4.21. The van der Waals surface area contributed by atoms with Gasteiger partial charge in [-0.25, -0.2) is 0 Å². The van der Waals surface area contributed by atoms with E-state index >= 15 is 0 Å². The molecule has 16 heavy (non-hydrogen) atoms. The Balaban J connectivity index is 2.74. The summed E-state index contributed by atoms with van der Waals surface area (Å²) in [4.78, 5) is 0. The third-order valence-electron chi connectivity index (χ3n) is 3.02. The lowest BCUT2D eigenvalue weighted by Crippen LogP contribution is -2.25. The minimum Gasteiger partial charge on any atom is -0.391 e. The maximum absolute atomic E-state index is 10.1. The average Bonchev–Trinajstić information content (AvgIpc) is 2.35. The number of nitrogens with zero attached hydrogens (tertiary/aromatic N) is 1. The average molecular weight is 217 g/mol. The Morgan fingerprint density at radius 3 is 2.44 bits per heavy atom. The van der Waals surface area contributed by atoms with E-state index in [1.807, 2.05) is 44.2 Å². The largest absolute Gasteiger partial charge is 0.391 e. The smallest absolute Gasteiger partial charge is 0.0764 e. The van der Waals surface area contributed by atoms with Crippen LogP contribution in [0.1, 0.15) is 38.2 Å². The van der Waals surface area contributed by atoms with E-state index in [4.69, 9.17) is 5.26 Å². The molecule has 1 aromatic rings. The van der Waals surface area contributed by atoms with Crippen molar-refractivity contribution >= 4 is 0 Å². The first-order valence-corrected chi connectivity index (χ1v) is 5.83. The number of aliphatic hydroxyl groups excluding tert-OH is 1. The van der Waals surface area contributed by atoms with Gasteiger partial charge in [0.15, 0.2) is 0 Å². The molecule has 1 aromatic carbocycles. The molecule has 0 aromatic heterocycles. The summed E-state index contributed by atoms with van der Waals surface area (Å²) in [6.45, 7) is 4.00. The number of nitriles is 1. The topological polar surface area (TPSA) is 44.0 Å². The third-order valence-corrected chi connectivity index (χ3v) is 3.02. The van der Waals surface area contributed by atoms with Gasteiger partial charge in [-0.05, 0) is 12.0 Å². The van der Waals surface area contributed by atoms with E-state index in [-0.39, 0.29) is 11.8 Å². The number of hydrogen-bond donors (Lipinski definition) is 1. The molecule has 2 heteroatoms. The van der Waals surface area contributed by atoms with Crippen LogP contribution in [0.25, 0.3) is 0 Å². The van der Waals surface area contributed by atoms with Crippen molar-refractivity contribution in [1.82, 2.24) is 0 Å². The van der Waals surface area contributed by atoms with Gasteiger partial charge in [-0.3, -0.25) is 0 Å². The van der Waals surface area contributed by atoms with Crippen LogP contribution in [-0.4, -0.2) is 11.2 Å². The van der Waals surface area contributed by atoms with Crippen LogP contribution < -0.4 is 0 Å². The van der Waals surface area contributed by atoms with Crippen LogP contribution in [0, 0.1) is 17.2 Å². The quantitative estimate of drug-likeness (QED) is 0.823. The van der Waals surface area contributed by atoms with Gasteiger partial charge >= 0.3 is 0 Å². The lowest BCUT2D eigenvalue weighted by molar-refractivity contribution is 0.105. The number of benzene rings is 1. The van der Waals surface area contributed by atoms with Crippen LogP contribution in [-0.2, 0) is 0 Å². The molecule has 0 aliphatic rings. The molecule has 2 nitrogen and oxygen atoms in total. The van der Waals surface area contributed by atoms with Gasteiger partial charge in [-0.15, -0.1) is 0 Å². The molecule has 1 rings (SSSR count). The molecule has 3 atom stereocenters. The van der Waals surface area contributed by atoms with E-state index in [0.717, 1.165) is 18.4 Å². The van der Waals surface area contributed by atoms with Crippen molar-refractivity contribution in [2.45, 2.75) is 38.7 Å². The molecule has 0 aliphatic carbocycles. The third kappa shape index (κ3) is 3.08. The highest BCUT2D eigenvalue weighted by atomic mass is 16.3. The zero-order chi connectivity index (χ0) is 12.0. The van der Waals surface area contributed by atoms with E-state index in [1.54, 1.807) is 0 Å². The van der Waals surface area contributed by atoms with Crippen LogP contribution >= 0.6 is 0 Å². The highest BCUT2D eigenvalue weighted by molar-refractivity contribution is 5.20. The Kier molecular flexibility index (Phi) is 5.01. The molecule has 0 saturated carbocycles. The van der Waals surface area contributed by atoms with Crippen molar-refractivity contribution in [2.24, 2.45) is 5.92 Å². The van der Waals surface area contributed by atoms with Gasteiger partial charge in [0.25, 0.3) is 0 Å². The molecule has 0 bridgehead atoms.